The first-order valence-electron chi connectivity index (χ1n) is 17.3. The summed E-state index contributed by atoms with van der Waals surface area (Å²) in [6.07, 6.45) is 0.585. The van der Waals surface area contributed by atoms with E-state index in [1.165, 1.54) is 12.1 Å². The first-order chi connectivity index (χ1) is 24.1. The molecule has 0 unspecified atom stereocenters. The first kappa shape index (κ1) is 37.7. The van der Waals surface area contributed by atoms with Crippen molar-refractivity contribution < 1.29 is 22.7 Å². The van der Waals surface area contributed by atoms with Crippen LogP contribution in [0.1, 0.15) is 73.8 Å². The summed E-state index contributed by atoms with van der Waals surface area (Å²) in [6, 6.07) is 17.5. The Labute approximate surface area is 302 Å². The number of carbonyl (C=O) groups excluding carboxylic acids is 1. The van der Waals surface area contributed by atoms with Crippen molar-refractivity contribution in [2.24, 2.45) is 5.41 Å². The zero-order valence-corrected chi connectivity index (χ0v) is 32.0. The number of hydrogen-bond acceptors (Lipinski definition) is 9. The van der Waals surface area contributed by atoms with E-state index in [1.807, 2.05) is 51.1 Å². The fraction of sp³-hybridized carbons (Fsp3) is 0.436. The molecule has 1 N–H and O–H groups in total. The van der Waals surface area contributed by atoms with E-state index in [9.17, 15) is 13.2 Å². The van der Waals surface area contributed by atoms with E-state index >= 15 is 0 Å². The minimum absolute atomic E-state index is 0.0783. The van der Waals surface area contributed by atoms with Gasteiger partial charge in [-0.25, -0.2) is 23.1 Å². The van der Waals surface area contributed by atoms with Crippen molar-refractivity contribution in [1.29, 1.82) is 0 Å². The first-order valence-corrected chi connectivity index (χ1v) is 18.8. The number of aryl methyl sites for hydroxylation is 3. The molecule has 4 aromatic rings. The van der Waals surface area contributed by atoms with Crippen LogP contribution < -0.4 is 14.4 Å². The largest absolute Gasteiger partial charge is 0.475 e. The molecule has 51 heavy (non-hydrogen) atoms. The van der Waals surface area contributed by atoms with Gasteiger partial charge in [-0.1, -0.05) is 51.1 Å². The maximum Gasteiger partial charge on any atom is 0.264 e. The van der Waals surface area contributed by atoms with Crippen molar-refractivity contribution >= 4 is 27.7 Å². The lowest BCUT2D eigenvalue weighted by Crippen LogP contribution is -2.45. The van der Waals surface area contributed by atoms with Gasteiger partial charge in [0.1, 0.15) is 12.4 Å². The highest BCUT2D eigenvalue weighted by Gasteiger charge is 2.32. The summed E-state index contributed by atoms with van der Waals surface area (Å²) in [5, 5.41) is 0. The van der Waals surface area contributed by atoms with Crippen molar-refractivity contribution in [3.8, 4) is 17.1 Å². The van der Waals surface area contributed by atoms with Gasteiger partial charge >= 0.3 is 0 Å². The van der Waals surface area contributed by atoms with Crippen LogP contribution >= 0.6 is 0 Å². The van der Waals surface area contributed by atoms with Crippen molar-refractivity contribution in [2.45, 2.75) is 85.3 Å². The number of ether oxygens (including phenoxy) is 2. The van der Waals surface area contributed by atoms with E-state index in [2.05, 4.69) is 54.2 Å². The number of pyridine rings is 1. The van der Waals surface area contributed by atoms with Crippen LogP contribution in [-0.2, 0) is 21.3 Å². The van der Waals surface area contributed by atoms with E-state index in [4.69, 9.17) is 14.5 Å². The van der Waals surface area contributed by atoms with Gasteiger partial charge in [0.25, 0.3) is 15.9 Å². The second kappa shape index (κ2) is 15.4. The molecule has 3 heterocycles. The number of benzene rings is 2. The van der Waals surface area contributed by atoms with Crippen molar-refractivity contribution in [2.75, 3.05) is 36.5 Å². The van der Waals surface area contributed by atoms with Crippen LogP contribution in [-0.4, -0.2) is 73.1 Å². The standard InChI is InChI=1S/C39H50N6O5S/c1-25(2)44(18-19-49-9)34-17-16-26(3)33(40-34)23-45-30(22-39(6,7)8)24-50-35-21-32(36-27(4)12-10-13-28(36)5)41-38(42-35)43-51(47,48)31-15-11-14-29(20-31)37(45)46/h10-17,20-21,25,30H,18-19,22-24H2,1-9H3,(H,41,42,43)/t30-/m1/s1. The average Bonchev–Trinajstić information content (AvgIpc) is 3.05. The molecule has 272 valence electrons. The number of nitrogens with zero attached hydrogens (tertiary/aromatic N) is 5. The van der Waals surface area contributed by atoms with Crippen LogP contribution in [0, 0.1) is 26.2 Å². The smallest absolute Gasteiger partial charge is 0.264 e. The Kier molecular flexibility index (Phi) is 11.4. The third-order valence-corrected chi connectivity index (χ3v) is 10.3. The Bertz CT molecular complexity index is 1970. The molecular weight excluding hydrogens is 665 g/mol. The Balaban J connectivity index is 1.66. The summed E-state index contributed by atoms with van der Waals surface area (Å²) >= 11 is 0. The predicted octanol–water partition coefficient (Wildman–Crippen LogP) is 6.97. The highest BCUT2D eigenvalue weighted by atomic mass is 32.2. The lowest BCUT2D eigenvalue weighted by atomic mass is 9.87. The van der Waals surface area contributed by atoms with Crippen molar-refractivity contribution in [3.05, 3.63) is 88.6 Å². The molecule has 2 aromatic heterocycles. The van der Waals surface area contributed by atoms with Gasteiger partial charge in [0, 0.05) is 36.9 Å². The second-order valence-electron chi connectivity index (χ2n) is 14.7. The molecule has 11 nitrogen and oxygen atoms in total. The molecule has 2 aromatic carbocycles. The molecule has 1 aliphatic rings. The molecule has 5 rings (SSSR count). The van der Waals surface area contributed by atoms with Gasteiger partial charge in [0.2, 0.25) is 11.8 Å². The van der Waals surface area contributed by atoms with Gasteiger partial charge < -0.3 is 19.3 Å². The molecular formula is C39H50N6O5S. The quantitative estimate of drug-likeness (QED) is 0.196. The number of anilines is 2. The van der Waals surface area contributed by atoms with Crippen molar-refractivity contribution in [1.82, 2.24) is 19.9 Å². The number of amides is 1. The zero-order chi connectivity index (χ0) is 37.1. The average molecular weight is 715 g/mol. The molecule has 0 aliphatic carbocycles. The zero-order valence-electron chi connectivity index (χ0n) is 31.1. The highest BCUT2D eigenvalue weighted by molar-refractivity contribution is 7.92. The Hall–Kier alpha value is -4.55. The van der Waals surface area contributed by atoms with E-state index < -0.39 is 16.1 Å². The molecule has 0 saturated heterocycles. The Morgan fingerprint density at radius 2 is 1.69 bits per heavy atom. The number of nitrogens with one attached hydrogen (secondary N) is 1. The van der Waals surface area contributed by atoms with Crippen LogP contribution in [0.4, 0.5) is 11.8 Å². The fourth-order valence-electron chi connectivity index (χ4n) is 6.41. The summed E-state index contributed by atoms with van der Waals surface area (Å²) in [7, 11) is -2.51. The lowest BCUT2D eigenvalue weighted by molar-refractivity contribution is 0.0509. The van der Waals surface area contributed by atoms with Gasteiger partial charge in [-0.05, 0) is 87.4 Å². The maximum absolute atomic E-state index is 14.7. The molecule has 1 atom stereocenters. The lowest BCUT2D eigenvalue weighted by Gasteiger charge is -2.36. The minimum atomic E-state index is -4.19. The molecule has 1 aliphatic heterocycles. The maximum atomic E-state index is 14.7. The summed E-state index contributed by atoms with van der Waals surface area (Å²) in [5.74, 6) is 0.533. The molecule has 0 radical (unpaired) electrons. The number of sulfonamides is 1. The topological polar surface area (TPSA) is 127 Å². The third kappa shape index (κ3) is 9.04. The summed E-state index contributed by atoms with van der Waals surface area (Å²) in [5.41, 5.74) is 5.04. The van der Waals surface area contributed by atoms with Crippen LogP contribution in [0.15, 0.2) is 65.6 Å². The summed E-state index contributed by atoms with van der Waals surface area (Å²) in [4.78, 5) is 32.8. The Morgan fingerprint density at radius 3 is 2.35 bits per heavy atom. The third-order valence-electron chi connectivity index (χ3n) is 8.99. The van der Waals surface area contributed by atoms with Crippen LogP contribution in [0.3, 0.4) is 0 Å². The number of aromatic nitrogens is 3. The van der Waals surface area contributed by atoms with Crippen molar-refractivity contribution in [3.63, 3.8) is 0 Å². The molecule has 0 fully saturated rings. The molecule has 0 saturated carbocycles. The normalized spacial score (nSPS) is 16.1. The van der Waals surface area contributed by atoms with Gasteiger partial charge in [-0.3, -0.25) is 4.79 Å². The van der Waals surface area contributed by atoms with E-state index in [-0.39, 0.29) is 52.8 Å². The van der Waals surface area contributed by atoms with Gasteiger partial charge in [-0.2, -0.15) is 4.98 Å². The summed E-state index contributed by atoms with van der Waals surface area (Å²) in [6.45, 7) is 18.0. The SMILES string of the molecule is COCCN(c1ccc(C)c(CN2C(=O)c3cccc(c3)S(=O)(=O)Nc3nc(cc(-c4c(C)cccc4C)n3)OC[C@H]2CC(C)(C)C)n1)C(C)C. The number of methoxy groups -OCH3 is 1. The Morgan fingerprint density at radius 1 is 0.980 bits per heavy atom. The molecule has 4 bridgehead atoms. The van der Waals surface area contributed by atoms with Gasteiger partial charge in [-0.15, -0.1) is 0 Å². The fourth-order valence-corrected chi connectivity index (χ4v) is 7.40. The minimum Gasteiger partial charge on any atom is -0.475 e. The summed E-state index contributed by atoms with van der Waals surface area (Å²) < 4.78 is 41.9. The van der Waals surface area contributed by atoms with E-state index in [1.54, 1.807) is 30.2 Å². The van der Waals surface area contributed by atoms with Crippen LogP contribution in [0.25, 0.3) is 11.3 Å². The van der Waals surface area contributed by atoms with Gasteiger partial charge in [0.05, 0.1) is 35.5 Å². The number of rotatable bonds is 9. The van der Waals surface area contributed by atoms with E-state index in [0.29, 0.717) is 25.3 Å². The van der Waals surface area contributed by atoms with Crippen LogP contribution in [0.5, 0.6) is 5.88 Å². The molecule has 12 heteroatoms. The monoisotopic (exact) mass is 714 g/mol. The number of carbonyl (C=O) groups is 1. The van der Waals surface area contributed by atoms with E-state index in [0.717, 1.165) is 33.8 Å². The number of fused-ring (bicyclic) bond motifs is 4. The molecule has 1 amide bonds. The molecule has 0 spiro atoms. The van der Waals surface area contributed by atoms with Crippen LogP contribution in [0.2, 0.25) is 0 Å². The van der Waals surface area contributed by atoms with Gasteiger partial charge in [0.15, 0.2) is 0 Å². The number of hydrogen-bond donors (Lipinski definition) is 1. The predicted molar refractivity (Wildman–Crippen MR) is 201 cm³/mol. The second-order valence-corrected chi connectivity index (χ2v) is 16.4. The highest BCUT2D eigenvalue weighted by Crippen LogP contribution is 2.32.